The molecule has 1 heterocycles. The van der Waals surface area contributed by atoms with Gasteiger partial charge < -0.3 is 10.4 Å². The largest absolute Gasteiger partial charge is 0.480 e. The van der Waals surface area contributed by atoms with Gasteiger partial charge in [0.15, 0.2) is 0 Å². The number of benzene rings is 1. The van der Waals surface area contributed by atoms with Gasteiger partial charge in [0, 0.05) is 5.69 Å². The quantitative estimate of drug-likeness (QED) is 0.824. The summed E-state index contributed by atoms with van der Waals surface area (Å²) in [6, 6.07) is 4.98. The van der Waals surface area contributed by atoms with Gasteiger partial charge in [0.1, 0.15) is 6.04 Å². The van der Waals surface area contributed by atoms with Crippen molar-refractivity contribution in [2.45, 2.75) is 25.8 Å². The van der Waals surface area contributed by atoms with Crippen LogP contribution in [0.3, 0.4) is 0 Å². The summed E-state index contributed by atoms with van der Waals surface area (Å²) in [7, 11) is 1.90. The summed E-state index contributed by atoms with van der Waals surface area (Å²) in [4.78, 5) is 24.4. The normalized spacial score (nSPS) is 15.5. The molecular weight excluding hydrogens is 244 g/mol. The summed E-state index contributed by atoms with van der Waals surface area (Å²) in [5, 5.41) is 12.1. The predicted octanol–water partition coefficient (Wildman–Crippen LogP) is 0.811. The highest BCUT2D eigenvalue weighted by molar-refractivity contribution is 6.05. The van der Waals surface area contributed by atoms with Crippen molar-refractivity contribution in [3.05, 3.63) is 29.3 Å². The van der Waals surface area contributed by atoms with E-state index in [2.05, 4.69) is 5.32 Å². The first-order valence-corrected chi connectivity index (χ1v) is 6.36. The molecule has 5 nitrogen and oxygen atoms in total. The second-order valence-corrected chi connectivity index (χ2v) is 4.77. The summed E-state index contributed by atoms with van der Waals surface area (Å²) in [6.45, 7) is 2.41. The predicted molar refractivity (Wildman–Crippen MR) is 72.4 cm³/mol. The van der Waals surface area contributed by atoms with Crippen molar-refractivity contribution in [1.29, 1.82) is 0 Å². The third kappa shape index (κ3) is 2.61. The maximum atomic E-state index is 12.0. The van der Waals surface area contributed by atoms with Gasteiger partial charge in [-0.1, -0.05) is 12.1 Å². The molecule has 0 fully saturated rings. The third-order valence-corrected chi connectivity index (χ3v) is 3.42. The van der Waals surface area contributed by atoms with E-state index < -0.39 is 12.0 Å². The molecule has 1 amide bonds. The number of carbonyl (C=O) groups is 2. The SMILES string of the molecule is CNCCc1ccc2c(c1)CC(=O)N2C(C)C(=O)O. The van der Waals surface area contributed by atoms with Crippen molar-refractivity contribution < 1.29 is 14.7 Å². The second kappa shape index (κ2) is 5.40. The van der Waals surface area contributed by atoms with Crippen molar-refractivity contribution >= 4 is 17.6 Å². The Labute approximate surface area is 112 Å². The molecule has 5 heteroatoms. The number of aliphatic carboxylic acids is 1. The Morgan fingerprint density at radius 2 is 2.26 bits per heavy atom. The molecule has 0 saturated heterocycles. The Hall–Kier alpha value is -1.88. The summed E-state index contributed by atoms with van der Waals surface area (Å²) in [6.07, 6.45) is 1.19. The standard InChI is InChI=1S/C14H18N2O3/c1-9(14(18)19)16-12-4-3-10(5-6-15-2)7-11(12)8-13(16)17/h3-4,7,9,15H,5-6,8H2,1-2H3,(H,18,19). The zero-order valence-electron chi connectivity index (χ0n) is 11.1. The van der Waals surface area contributed by atoms with Crippen LogP contribution < -0.4 is 10.2 Å². The van der Waals surface area contributed by atoms with E-state index in [1.807, 2.05) is 25.2 Å². The molecule has 0 aliphatic carbocycles. The number of carboxylic acids is 1. The number of fused-ring (bicyclic) bond motifs is 1. The minimum Gasteiger partial charge on any atom is -0.480 e. The zero-order chi connectivity index (χ0) is 14.0. The lowest BCUT2D eigenvalue weighted by Gasteiger charge is -2.22. The lowest BCUT2D eigenvalue weighted by molar-refractivity contribution is -0.139. The number of nitrogens with one attached hydrogen (secondary N) is 1. The van der Waals surface area contributed by atoms with Crippen LogP contribution in [0.1, 0.15) is 18.1 Å². The van der Waals surface area contributed by atoms with Crippen molar-refractivity contribution in [3.8, 4) is 0 Å². The van der Waals surface area contributed by atoms with Crippen LogP contribution in [0.15, 0.2) is 18.2 Å². The highest BCUT2D eigenvalue weighted by Crippen LogP contribution is 2.31. The van der Waals surface area contributed by atoms with Gasteiger partial charge in [-0.2, -0.15) is 0 Å². The lowest BCUT2D eigenvalue weighted by atomic mass is 10.1. The van der Waals surface area contributed by atoms with Gasteiger partial charge in [-0.3, -0.25) is 9.69 Å². The number of amides is 1. The Morgan fingerprint density at radius 3 is 2.89 bits per heavy atom. The smallest absolute Gasteiger partial charge is 0.326 e. The number of anilines is 1. The van der Waals surface area contributed by atoms with E-state index in [1.54, 1.807) is 0 Å². The molecule has 19 heavy (non-hydrogen) atoms. The van der Waals surface area contributed by atoms with Crippen LogP contribution in [0.4, 0.5) is 5.69 Å². The van der Waals surface area contributed by atoms with Gasteiger partial charge in [0.2, 0.25) is 5.91 Å². The van der Waals surface area contributed by atoms with Gasteiger partial charge in [-0.05, 0) is 44.1 Å². The van der Waals surface area contributed by atoms with E-state index in [0.717, 1.165) is 29.8 Å². The fourth-order valence-corrected chi connectivity index (χ4v) is 2.36. The van der Waals surface area contributed by atoms with Crippen molar-refractivity contribution in [2.75, 3.05) is 18.5 Å². The summed E-state index contributed by atoms with van der Waals surface area (Å²) < 4.78 is 0. The van der Waals surface area contributed by atoms with Gasteiger partial charge in [0.05, 0.1) is 6.42 Å². The highest BCUT2D eigenvalue weighted by Gasteiger charge is 2.34. The first-order valence-electron chi connectivity index (χ1n) is 6.36. The number of carboxylic acid groups (broad SMARTS) is 1. The molecule has 0 radical (unpaired) electrons. The van der Waals surface area contributed by atoms with Crippen LogP contribution in [0.2, 0.25) is 0 Å². The number of nitrogens with zero attached hydrogens (tertiary/aromatic N) is 1. The Balaban J connectivity index is 2.27. The van der Waals surface area contributed by atoms with Crippen LogP contribution in [0.5, 0.6) is 0 Å². The van der Waals surface area contributed by atoms with Gasteiger partial charge in [-0.15, -0.1) is 0 Å². The first kappa shape index (κ1) is 13.5. The van der Waals surface area contributed by atoms with E-state index in [-0.39, 0.29) is 5.91 Å². The van der Waals surface area contributed by atoms with Crippen molar-refractivity contribution in [2.24, 2.45) is 0 Å². The molecule has 0 aromatic heterocycles. The molecule has 1 unspecified atom stereocenters. The summed E-state index contributed by atoms with van der Waals surface area (Å²) >= 11 is 0. The average molecular weight is 262 g/mol. The van der Waals surface area contributed by atoms with E-state index in [9.17, 15) is 9.59 Å². The molecule has 2 rings (SSSR count). The van der Waals surface area contributed by atoms with E-state index in [0.29, 0.717) is 6.42 Å². The van der Waals surface area contributed by atoms with Crippen LogP contribution in [0, 0.1) is 0 Å². The maximum Gasteiger partial charge on any atom is 0.326 e. The van der Waals surface area contributed by atoms with Crippen LogP contribution in [0.25, 0.3) is 0 Å². The monoisotopic (exact) mass is 262 g/mol. The molecule has 0 saturated carbocycles. The van der Waals surface area contributed by atoms with Crippen molar-refractivity contribution in [1.82, 2.24) is 5.32 Å². The minimum absolute atomic E-state index is 0.143. The zero-order valence-corrected chi connectivity index (χ0v) is 11.1. The van der Waals surface area contributed by atoms with Crippen LogP contribution >= 0.6 is 0 Å². The van der Waals surface area contributed by atoms with E-state index in [1.165, 1.54) is 11.8 Å². The topological polar surface area (TPSA) is 69.6 Å². The van der Waals surface area contributed by atoms with Crippen molar-refractivity contribution in [3.63, 3.8) is 0 Å². The van der Waals surface area contributed by atoms with Gasteiger partial charge >= 0.3 is 5.97 Å². The maximum absolute atomic E-state index is 12.0. The molecule has 1 atom stereocenters. The van der Waals surface area contributed by atoms with Gasteiger partial charge in [0.25, 0.3) is 0 Å². The fourth-order valence-electron chi connectivity index (χ4n) is 2.36. The highest BCUT2D eigenvalue weighted by atomic mass is 16.4. The molecule has 1 aliphatic heterocycles. The Morgan fingerprint density at radius 1 is 1.53 bits per heavy atom. The molecule has 1 aliphatic rings. The molecule has 1 aromatic rings. The molecule has 0 bridgehead atoms. The molecule has 2 N–H and O–H groups in total. The average Bonchev–Trinajstić information content (AvgIpc) is 2.70. The number of carbonyl (C=O) groups excluding carboxylic acids is 1. The summed E-state index contributed by atoms with van der Waals surface area (Å²) in [5.41, 5.74) is 2.81. The number of rotatable bonds is 5. The molecule has 102 valence electrons. The molecular formula is C14H18N2O3. The van der Waals surface area contributed by atoms with E-state index >= 15 is 0 Å². The Kier molecular flexibility index (Phi) is 3.85. The van der Waals surface area contributed by atoms with Gasteiger partial charge in [-0.25, -0.2) is 4.79 Å². The lowest BCUT2D eigenvalue weighted by Crippen LogP contribution is -2.41. The number of hydrogen-bond donors (Lipinski definition) is 2. The number of likely N-dealkylation sites (N-methyl/N-ethyl adjacent to an activating group) is 1. The van der Waals surface area contributed by atoms with Crippen LogP contribution in [-0.4, -0.2) is 36.6 Å². The van der Waals surface area contributed by atoms with E-state index in [4.69, 9.17) is 5.11 Å². The third-order valence-electron chi connectivity index (χ3n) is 3.42. The molecule has 1 aromatic carbocycles. The second-order valence-electron chi connectivity index (χ2n) is 4.77. The summed E-state index contributed by atoms with van der Waals surface area (Å²) in [5.74, 6) is -1.13. The fraction of sp³-hybridized carbons (Fsp3) is 0.429. The molecule has 0 spiro atoms. The first-order chi connectivity index (χ1) is 9.04. The number of hydrogen-bond acceptors (Lipinski definition) is 3. The van der Waals surface area contributed by atoms with Crippen LogP contribution in [-0.2, 0) is 22.4 Å². The minimum atomic E-state index is -0.986. The Bertz CT molecular complexity index is 513.